The highest BCUT2D eigenvalue weighted by Crippen LogP contribution is 2.29. The molecule has 1 atom stereocenters. The van der Waals surface area contributed by atoms with Crippen LogP contribution in [0.4, 0.5) is 11.4 Å². The van der Waals surface area contributed by atoms with E-state index in [0.29, 0.717) is 5.69 Å². The van der Waals surface area contributed by atoms with E-state index in [4.69, 9.17) is 11.6 Å². The summed E-state index contributed by atoms with van der Waals surface area (Å²) in [5, 5.41) is 14.1. The van der Waals surface area contributed by atoms with E-state index in [1.807, 2.05) is 13.8 Å². The first-order valence-corrected chi connectivity index (χ1v) is 6.35. The third kappa shape index (κ3) is 3.03. The lowest BCUT2D eigenvalue weighted by molar-refractivity contribution is -0.384. The molecule has 1 heterocycles. The van der Waals surface area contributed by atoms with Gasteiger partial charge in [-0.15, -0.1) is 0 Å². The average Bonchev–Trinajstić information content (AvgIpc) is 2.41. The fourth-order valence-electron chi connectivity index (χ4n) is 1.90. The van der Waals surface area contributed by atoms with Crippen molar-refractivity contribution in [1.29, 1.82) is 0 Å². The maximum atomic E-state index is 10.9. The van der Waals surface area contributed by atoms with E-state index >= 15 is 0 Å². The number of nitrogens with one attached hydrogen (secondary N) is 1. The monoisotopic (exact) mass is 292 g/mol. The lowest BCUT2D eigenvalue weighted by atomic mass is 10.1. The maximum Gasteiger partial charge on any atom is 0.289 e. The van der Waals surface area contributed by atoms with E-state index in [2.05, 4.69) is 15.3 Å². The van der Waals surface area contributed by atoms with Gasteiger partial charge in [0.05, 0.1) is 22.4 Å². The highest BCUT2D eigenvalue weighted by molar-refractivity contribution is 6.32. The predicted octanol–water partition coefficient (Wildman–Crippen LogP) is 3.52. The van der Waals surface area contributed by atoms with Gasteiger partial charge in [0.15, 0.2) is 0 Å². The van der Waals surface area contributed by atoms with E-state index in [1.165, 1.54) is 12.1 Å². The zero-order valence-electron chi connectivity index (χ0n) is 11.0. The molecule has 1 aromatic heterocycles. The summed E-state index contributed by atoms with van der Waals surface area (Å²) in [6, 6.07) is 4.48. The molecule has 104 valence electrons. The normalized spacial score (nSPS) is 11.9. The van der Waals surface area contributed by atoms with Gasteiger partial charge in [-0.1, -0.05) is 11.6 Å². The number of anilines is 1. The lowest BCUT2D eigenvalue weighted by Gasteiger charge is -2.16. The maximum absolute atomic E-state index is 10.9. The molecule has 20 heavy (non-hydrogen) atoms. The standard InChI is InChI=1S/C13H13ClN4O2/c1-8-13(16-6-5-15-8)9(2)17-10-3-4-11(14)12(7-10)18(19)20/h3-7,9,17H,1-2H3. The second-order valence-electron chi connectivity index (χ2n) is 4.32. The largest absolute Gasteiger partial charge is 0.377 e. The number of rotatable bonds is 4. The van der Waals surface area contributed by atoms with Crippen LogP contribution in [0.5, 0.6) is 0 Å². The molecule has 2 aromatic rings. The molecule has 0 amide bonds. The molecule has 0 fully saturated rings. The van der Waals surface area contributed by atoms with Gasteiger partial charge >= 0.3 is 0 Å². The zero-order valence-corrected chi connectivity index (χ0v) is 11.8. The minimum absolute atomic E-state index is 0.115. The van der Waals surface area contributed by atoms with Crippen molar-refractivity contribution in [3.63, 3.8) is 0 Å². The summed E-state index contributed by atoms with van der Waals surface area (Å²) in [5.41, 5.74) is 2.10. The molecular weight excluding hydrogens is 280 g/mol. The van der Waals surface area contributed by atoms with Gasteiger partial charge in [0.1, 0.15) is 5.02 Å². The van der Waals surface area contributed by atoms with Crippen LogP contribution in [-0.4, -0.2) is 14.9 Å². The van der Waals surface area contributed by atoms with Crippen LogP contribution in [0.2, 0.25) is 5.02 Å². The number of aryl methyl sites for hydroxylation is 1. The number of hydrogen-bond acceptors (Lipinski definition) is 5. The van der Waals surface area contributed by atoms with E-state index in [1.54, 1.807) is 18.5 Å². The molecule has 0 saturated carbocycles. The highest BCUT2D eigenvalue weighted by Gasteiger charge is 2.15. The first-order valence-electron chi connectivity index (χ1n) is 5.97. The quantitative estimate of drug-likeness (QED) is 0.689. The van der Waals surface area contributed by atoms with Gasteiger partial charge in [-0.25, -0.2) is 0 Å². The van der Waals surface area contributed by atoms with E-state index < -0.39 is 4.92 Å². The minimum atomic E-state index is -0.508. The highest BCUT2D eigenvalue weighted by atomic mass is 35.5. The Kier molecular flexibility index (Phi) is 4.14. The number of aromatic nitrogens is 2. The van der Waals surface area contributed by atoms with Crippen molar-refractivity contribution in [2.45, 2.75) is 19.9 Å². The molecule has 0 aliphatic heterocycles. The molecule has 0 spiro atoms. The molecule has 0 bridgehead atoms. The molecule has 0 aliphatic rings. The van der Waals surface area contributed by atoms with Crippen molar-refractivity contribution in [1.82, 2.24) is 9.97 Å². The second-order valence-corrected chi connectivity index (χ2v) is 4.72. The average molecular weight is 293 g/mol. The fraction of sp³-hybridized carbons (Fsp3) is 0.231. The number of nitro benzene ring substituents is 1. The molecule has 1 unspecified atom stereocenters. The number of hydrogen-bond donors (Lipinski definition) is 1. The number of benzene rings is 1. The summed E-state index contributed by atoms with van der Waals surface area (Å²) in [4.78, 5) is 18.8. The van der Waals surface area contributed by atoms with Gasteiger partial charge in [-0.05, 0) is 26.0 Å². The van der Waals surface area contributed by atoms with Crippen LogP contribution < -0.4 is 5.32 Å². The van der Waals surface area contributed by atoms with Crippen LogP contribution in [0.25, 0.3) is 0 Å². The second kappa shape index (κ2) is 5.83. The van der Waals surface area contributed by atoms with Crippen molar-refractivity contribution in [3.05, 3.63) is 57.1 Å². The van der Waals surface area contributed by atoms with Gasteiger partial charge in [0, 0.05) is 24.1 Å². The SMILES string of the molecule is Cc1nccnc1C(C)Nc1ccc(Cl)c([N+](=O)[O-])c1. The van der Waals surface area contributed by atoms with E-state index in [9.17, 15) is 10.1 Å². The first kappa shape index (κ1) is 14.2. The summed E-state index contributed by atoms with van der Waals surface area (Å²) in [7, 11) is 0. The van der Waals surface area contributed by atoms with Crippen LogP contribution >= 0.6 is 11.6 Å². The molecule has 7 heteroatoms. The van der Waals surface area contributed by atoms with E-state index in [-0.39, 0.29) is 16.8 Å². The molecule has 6 nitrogen and oxygen atoms in total. The third-order valence-electron chi connectivity index (χ3n) is 2.86. The molecule has 1 N–H and O–H groups in total. The molecule has 2 rings (SSSR count). The number of nitro groups is 1. The van der Waals surface area contributed by atoms with Crippen molar-refractivity contribution >= 4 is 23.0 Å². The van der Waals surface area contributed by atoms with Crippen LogP contribution in [0.15, 0.2) is 30.6 Å². The van der Waals surface area contributed by atoms with Gasteiger partial charge in [-0.3, -0.25) is 20.1 Å². The Morgan fingerprint density at radius 2 is 2.05 bits per heavy atom. The van der Waals surface area contributed by atoms with Crippen LogP contribution in [0, 0.1) is 17.0 Å². The lowest BCUT2D eigenvalue weighted by Crippen LogP contribution is -2.11. The first-order chi connectivity index (χ1) is 9.49. The molecule has 0 radical (unpaired) electrons. The Morgan fingerprint density at radius 1 is 1.35 bits per heavy atom. The van der Waals surface area contributed by atoms with Gasteiger partial charge in [0.25, 0.3) is 5.69 Å². The summed E-state index contributed by atoms with van der Waals surface area (Å²) < 4.78 is 0. The molecule has 0 saturated heterocycles. The summed E-state index contributed by atoms with van der Waals surface area (Å²) in [6.45, 7) is 3.78. The van der Waals surface area contributed by atoms with Crippen molar-refractivity contribution in [3.8, 4) is 0 Å². The van der Waals surface area contributed by atoms with Gasteiger partial charge < -0.3 is 5.32 Å². The summed E-state index contributed by atoms with van der Waals surface area (Å²) >= 11 is 5.78. The van der Waals surface area contributed by atoms with Crippen LogP contribution in [-0.2, 0) is 0 Å². The Morgan fingerprint density at radius 3 is 2.70 bits per heavy atom. The van der Waals surface area contributed by atoms with Crippen LogP contribution in [0.1, 0.15) is 24.4 Å². The Hall–Kier alpha value is -2.21. The smallest absolute Gasteiger partial charge is 0.289 e. The Balaban J connectivity index is 2.24. The Bertz CT molecular complexity index is 648. The van der Waals surface area contributed by atoms with E-state index in [0.717, 1.165) is 11.4 Å². The molecular formula is C13H13ClN4O2. The number of halogens is 1. The van der Waals surface area contributed by atoms with Crippen molar-refractivity contribution < 1.29 is 4.92 Å². The third-order valence-corrected chi connectivity index (χ3v) is 3.17. The number of nitrogens with zero attached hydrogens (tertiary/aromatic N) is 3. The van der Waals surface area contributed by atoms with Crippen molar-refractivity contribution in [2.75, 3.05) is 5.32 Å². The van der Waals surface area contributed by atoms with Gasteiger partial charge in [-0.2, -0.15) is 0 Å². The minimum Gasteiger partial charge on any atom is -0.377 e. The molecule has 0 aliphatic carbocycles. The Labute approximate surface area is 121 Å². The zero-order chi connectivity index (χ0) is 14.7. The van der Waals surface area contributed by atoms with Crippen molar-refractivity contribution in [2.24, 2.45) is 0 Å². The predicted molar refractivity (Wildman–Crippen MR) is 76.9 cm³/mol. The van der Waals surface area contributed by atoms with Gasteiger partial charge in [0.2, 0.25) is 0 Å². The topological polar surface area (TPSA) is 81.0 Å². The fourth-order valence-corrected chi connectivity index (χ4v) is 2.09. The summed E-state index contributed by atoms with van der Waals surface area (Å²) in [6.07, 6.45) is 3.24. The van der Waals surface area contributed by atoms with Crippen LogP contribution in [0.3, 0.4) is 0 Å². The summed E-state index contributed by atoms with van der Waals surface area (Å²) in [5.74, 6) is 0. The molecule has 1 aromatic carbocycles.